The SMILES string of the molecule is COc1cc(C(=O)O)ccc1CNC1CC1. The molecule has 0 saturated heterocycles. The van der Waals surface area contributed by atoms with Gasteiger partial charge in [-0.05, 0) is 25.0 Å². The average molecular weight is 221 g/mol. The molecule has 2 N–H and O–H groups in total. The van der Waals surface area contributed by atoms with Gasteiger partial charge in [-0.3, -0.25) is 0 Å². The number of carboxylic acids is 1. The van der Waals surface area contributed by atoms with Crippen LogP contribution >= 0.6 is 0 Å². The summed E-state index contributed by atoms with van der Waals surface area (Å²) in [7, 11) is 1.56. The summed E-state index contributed by atoms with van der Waals surface area (Å²) in [5.74, 6) is -0.298. The van der Waals surface area contributed by atoms with Crippen molar-refractivity contribution in [1.29, 1.82) is 0 Å². The number of methoxy groups -OCH3 is 1. The van der Waals surface area contributed by atoms with Crippen molar-refractivity contribution in [2.75, 3.05) is 7.11 Å². The molecule has 2 rings (SSSR count). The van der Waals surface area contributed by atoms with Gasteiger partial charge in [0.05, 0.1) is 12.7 Å². The van der Waals surface area contributed by atoms with Crippen LogP contribution in [0.1, 0.15) is 28.8 Å². The van der Waals surface area contributed by atoms with Gasteiger partial charge in [-0.15, -0.1) is 0 Å². The molecule has 4 nitrogen and oxygen atoms in total. The maximum Gasteiger partial charge on any atom is 0.335 e. The number of hydrogen-bond donors (Lipinski definition) is 2. The second-order valence-corrected chi connectivity index (χ2v) is 3.99. The van der Waals surface area contributed by atoms with Crippen LogP contribution in [0.4, 0.5) is 0 Å². The van der Waals surface area contributed by atoms with E-state index in [1.807, 2.05) is 0 Å². The van der Waals surface area contributed by atoms with Crippen LogP contribution in [0.25, 0.3) is 0 Å². The van der Waals surface area contributed by atoms with Crippen LogP contribution in [-0.2, 0) is 6.54 Å². The van der Waals surface area contributed by atoms with Crippen molar-refractivity contribution in [2.45, 2.75) is 25.4 Å². The van der Waals surface area contributed by atoms with E-state index in [0.29, 0.717) is 11.8 Å². The van der Waals surface area contributed by atoms with E-state index in [9.17, 15) is 4.79 Å². The van der Waals surface area contributed by atoms with Gasteiger partial charge in [0.2, 0.25) is 0 Å². The van der Waals surface area contributed by atoms with E-state index in [-0.39, 0.29) is 5.56 Å². The fourth-order valence-corrected chi connectivity index (χ4v) is 1.57. The summed E-state index contributed by atoms with van der Waals surface area (Å²) in [5.41, 5.74) is 1.26. The van der Waals surface area contributed by atoms with Gasteiger partial charge in [-0.2, -0.15) is 0 Å². The van der Waals surface area contributed by atoms with E-state index in [0.717, 1.165) is 12.1 Å². The number of ether oxygens (including phenoxy) is 1. The molecule has 1 aromatic carbocycles. The first-order valence-electron chi connectivity index (χ1n) is 5.34. The maximum atomic E-state index is 10.8. The molecule has 1 aliphatic carbocycles. The minimum atomic E-state index is -0.931. The Morgan fingerprint density at radius 1 is 1.56 bits per heavy atom. The highest BCUT2D eigenvalue weighted by Crippen LogP contribution is 2.23. The molecule has 1 fully saturated rings. The zero-order chi connectivity index (χ0) is 11.5. The third-order valence-electron chi connectivity index (χ3n) is 2.69. The minimum Gasteiger partial charge on any atom is -0.496 e. The van der Waals surface area contributed by atoms with Gasteiger partial charge in [0.15, 0.2) is 0 Å². The highest BCUT2D eigenvalue weighted by Gasteiger charge is 2.20. The number of nitrogens with one attached hydrogen (secondary N) is 1. The van der Waals surface area contributed by atoms with Crippen LogP contribution in [0, 0.1) is 0 Å². The van der Waals surface area contributed by atoms with Crippen LogP contribution < -0.4 is 10.1 Å². The third-order valence-corrected chi connectivity index (χ3v) is 2.69. The van der Waals surface area contributed by atoms with Crippen LogP contribution in [0.15, 0.2) is 18.2 Å². The Labute approximate surface area is 94.2 Å². The van der Waals surface area contributed by atoms with Crippen LogP contribution in [0.2, 0.25) is 0 Å². The summed E-state index contributed by atoms with van der Waals surface area (Å²) in [6.45, 7) is 0.730. The Kier molecular flexibility index (Phi) is 3.10. The molecule has 0 atom stereocenters. The molecular formula is C12H15NO3. The topological polar surface area (TPSA) is 58.6 Å². The van der Waals surface area contributed by atoms with Gasteiger partial charge in [0.1, 0.15) is 5.75 Å². The van der Waals surface area contributed by atoms with E-state index >= 15 is 0 Å². The molecule has 16 heavy (non-hydrogen) atoms. The normalized spacial score (nSPS) is 14.8. The zero-order valence-electron chi connectivity index (χ0n) is 9.19. The standard InChI is InChI=1S/C12H15NO3/c1-16-11-6-8(12(14)15)2-3-9(11)7-13-10-4-5-10/h2-3,6,10,13H,4-5,7H2,1H3,(H,14,15). The molecule has 1 aliphatic rings. The Morgan fingerprint density at radius 2 is 2.31 bits per heavy atom. The second-order valence-electron chi connectivity index (χ2n) is 3.99. The van der Waals surface area contributed by atoms with Crippen molar-refractivity contribution in [2.24, 2.45) is 0 Å². The highest BCUT2D eigenvalue weighted by atomic mass is 16.5. The summed E-state index contributed by atoms with van der Waals surface area (Å²) in [5, 5.41) is 12.2. The van der Waals surface area contributed by atoms with Gasteiger partial charge in [0.25, 0.3) is 0 Å². The molecule has 4 heteroatoms. The summed E-state index contributed by atoms with van der Waals surface area (Å²) in [4.78, 5) is 10.8. The van der Waals surface area contributed by atoms with Crippen molar-refractivity contribution in [3.05, 3.63) is 29.3 Å². The van der Waals surface area contributed by atoms with E-state index < -0.39 is 5.97 Å². The van der Waals surface area contributed by atoms with Gasteiger partial charge >= 0.3 is 5.97 Å². The first kappa shape index (κ1) is 11.0. The molecule has 0 amide bonds. The molecular weight excluding hydrogens is 206 g/mol. The van der Waals surface area contributed by atoms with Gasteiger partial charge < -0.3 is 15.2 Å². The van der Waals surface area contributed by atoms with E-state index in [1.54, 1.807) is 25.3 Å². The first-order valence-corrected chi connectivity index (χ1v) is 5.34. The third kappa shape index (κ3) is 2.52. The summed E-state index contributed by atoms with van der Waals surface area (Å²) >= 11 is 0. The van der Waals surface area contributed by atoms with Crippen LogP contribution in [-0.4, -0.2) is 24.2 Å². The van der Waals surface area contributed by atoms with Gasteiger partial charge in [-0.1, -0.05) is 6.07 Å². The smallest absolute Gasteiger partial charge is 0.335 e. The Balaban J connectivity index is 2.12. The molecule has 0 unspecified atom stereocenters. The molecule has 0 aliphatic heterocycles. The monoisotopic (exact) mass is 221 g/mol. The van der Waals surface area contributed by atoms with E-state index in [1.165, 1.54) is 12.8 Å². The minimum absolute atomic E-state index is 0.257. The maximum absolute atomic E-state index is 10.8. The molecule has 1 saturated carbocycles. The Morgan fingerprint density at radius 3 is 2.88 bits per heavy atom. The Hall–Kier alpha value is -1.55. The predicted octanol–water partition coefficient (Wildman–Crippen LogP) is 1.65. The van der Waals surface area contributed by atoms with Crippen molar-refractivity contribution < 1.29 is 14.6 Å². The predicted molar refractivity (Wildman–Crippen MR) is 59.8 cm³/mol. The largest absolute Gasteiger partial charge is 0.496 e. The number of rotatable bonds is 5. The molecule has 0 radical (unpaired) electrons. The lowest BCUT2D eigenvalue weighted by Crippen LogP contribution is -2.16. The lowest BCUT2D eigenvalue weighted by molar-refractivity contribution is 0.0696. The fraction of sp³-hybridized carbons (Fsp3) is 0.417. The summed E-state index contributed by atoms with van der Waals surface area (Å²) in [6.07, 6.45) is 2.46. The summed E-state index contributed by atoms with van der Waals surface area (Å²) in [6, 6.07) is 5.60. The van der Waals surface area contributed by atoms with Crippen molar-refractivity contribution in [3.8, 4) is 5.75 Å². The average Bonchev–Trinajstić information content (AvgIpc) is 3.09. The second kappa shape index (κ2) is 4.53. The van der Waals surface area contributed by atoms with Gasteiger partial charge in [0, 0.05) is 18.2 Å². The van der Waals surface area contributed by atoms with Crippen LogP contribution in [0.3, 0.4) is 0 Å². The van der Waals surface area contributed by atoms with Gasteiger partial charge in [-0.25, -0.2) is 4.79 Å². The fourth-order valence-electron chi connectivity index (χ4n) is 1.57. The molecule has 86 valence electrons. The molecule has 0 bridgehead atoms. The molecule has 1 aromatic rings. The molecule has 0 aromatic heterocycles. The first-order chi connectivity index (χ1) is 7.70. The molecule has 0 heterocycles. The quantitative estimate of drug-likeness (QED) is 0.793. The lowest BCUT2D eigenvalue weighted by Gasteiger charge is -2.09. The summed E-state index contributed by atoms with van der Waals surface area (Å²) < 4.78 is 5.19. The number of benzene rings is 1. The van der Waals surface area contributed by atoms with Crippen molar-refractivity contribution >= 4 is 5.97 Å². The molecule has 0 spiro atoms. The lowest BCUT2D eigenvalue weighted by atomic mass is 10.1. The van der Waals surface area contributed by atoms with Crippen molar-refractivity contribution in [1.82, 2.24) is 5.32 Å². The van der Waals surface area contributed by atoms with Crippen LogP contribution in [0.5, 0.6) is 5.75 Å². The number of hydrogen-bond acceptors (Lipinski definition) is 3. The van der Waals surface area contributed by atoms with Crippen molar-refractivity contribution in [3.63, 3.8) is 0 Å². The van der Waals surface area contributed by atoms with E-state index in [2.05, 4.69) is 5.32 Å². The number of carbonyl (C=O) groups is 1. The zero-order valence-corrected chi connectivity index (χ0v) is 9.19. The number of carboxylic acid groups (broad SMARTS) is 1. The Bertz CT molecular complexity index is 399. The highest BCUT2D eigenvalue weighted by molar-refractivity contribution is 5.88. The van der Waals surface area contributed by atoms with E-state index in [4.69, 9.17) is 9.84 Å². The number of aromatic carboxylic acids is 1.